The average Bonchev–Trinajstić information content (AvgIpc) is 2.52. The highest BCUT2D eigenvalue weighted by Gasteiger charge is 2.19. The topological polar surface area (TPSA) is 27.0 Å². The summed E-state index contributed by atoms with van der Waals surface area (Å²) in [6.07, 6.45) is 0.851. The van der Waals surface area contributed by atoms with Gasteiger partial charge < -0.3 is 0 Å². The molecule has 0 radical (unpaired) electrons. The number of hydrogen-bond donors (Lipinski definition) is 0. The largest absolute Gasteiger partial charge is 0.298 e. The maximum absolute atomic E-state index is 9.68. The molecule has 2 aromatic rings. The Morgan fingerprint density at radius 2 is 1.70 bits per heavy atom. The van der Waals surface area contributed by atoms with Crippen molar-refractivity contribution in [3.63, 3.8) is 0 Å². The zero-order valence-corrected chi connectivity index (χ0v) is 16.0. The van der Waals surface area contributed by atoms with E-state index in [1.165, 1.54) is 10.8 Å². The van der Waals surface area contributed by atoms with E-state index < -0.39 is 0 Å². The van der Waals surface area contributed by atoms with Gasteiger partial charge in [-0.05, 0) is 66.4 Å². The number of hydrogen-bond acceptors (Lipinski definition) is 2. The lowest BCUT2D eigenvalue weighted by molar-refractivity contribution is 0.171. The van der Waals surface area contributed by atoms with Crippen molar-refractivity contribution in [1.82, 2.24) is 4.90 Å². The monoisotopic (exact) mass is 372 g/mol. The normalized spacial score (nSPS) is 13.0. The SMILES string of the molecule is CC(C)N(CCC(C#N)c1ccc2ccccc2c1Br)C(C)C. The van der Waals surface area contributed by atoms with Crippen LogP contribution in [0.2, 0.25) is 0 Å². The molecule has 0 bridgehead atoms. The third-order valence-electron chi connectivity index (χ3n) is 4.43. The van der Waals surface area contributed by atoms with Crippen molar-refractivity contribution in [1.29, 1.82) is 5.26 Å². The highest BCUT2D eigenvalue weighted by molar-refractivity contribution is 9.10. The Hall–Kier alpha value is -1.37. The maximum atomic E-state index is 9.68. The number of fused-ring (bicyclic) bond motifs is 1. The highest BCUT2D eigenvalue weighted by atomic mass is 79.9. The Balaban J connectivity index is 2.25. The molecular formula is C20H25BrN2. The van der Waals surface area contributed by atoms with Crippen molar-refractivity contribution in [2.75, 3.05) is 6.54 Å². The minimum atomic E-state index is -0.0889. The first-order chi connectivity index (χ1) is 11.0. The van der Waals surface area contributed by atoms with E-state index in [9.17, 15) is 5.26 Å². The molecule has 0 heterocycles. The fourth-order valence-corrected chi connectivity index (χ4v) is 3.97. The van der Waals surface area contributed by atoms with Crippen LogP contribution in [0.15, 0.2) is 40.9 Å². The lowest BCUT2D eigenvalue weighted by atomic mass is 9.94. The summed E-state index contributed by atoms with van der Waals surface area (Å²) in [7, 11) is 0. The summed E-state index contributed by atoms with van der Waals surface area (Å²) in [6, 6.07) is 16.0. The van der Waals surface area contributed by atoms with Crippen LogP contribution in [0.4, 0.5) is 0 Å². The van der Waals surface area contributed by atoms with Gasteiger partial charge in [0.15, 0.2) is 0 Å². The van der Waals surface area contributed by atoms with Crippen LogP contribution >= 0.6 is 15.9 Å². The first kappa shape index (κ1) is 18.0. The molecule has 1 atom stereocenters. The van der Waals surface area contributed by atoms with E-state index >= 15 is 0 Å². The van der Waals surface area contributed by atoms with E-state index in [1.807, 2.05) is 12.1 Å². The molecule has 122 valence electrons. The van der Waals surface area contributed by atoms with E-state index in [1.54, 1.807) is 0 Å². The van der Waals surface area contributed by atoms with E-state index in [2.05, 4.69) is 78.9 Å². The van der Waals surface area contributed by atoms with Crippen LogP contribution in [0.1, 0.15) is 45.6 Å². The molecule has 0 saturated heterocycles. The van der Waals surface area contributed by atoms with Crippen molar-refractivity contribution in [3.05, 3.63) is 46.4 Å². The van der Waals surface area contributed by atoms with Crippen LogP contribution in [0.25, 0.3) is 10.8 Å². The molecule has 0 spiro atoms. The first-order valence-corrected chi connectivity index (χ1v) is 9.07. The van der Waals surface area contributed by atoms with Gasteiger partial charge in [-0.15, -0.1) is 0 Å². The van der Waals surface area contributed by atoms with Crippen LogP contribution in [-0.2, 0) is 0 Å². The van der Waals surface area contributed by atoms with Crippen LogP contribution in [0, 0.1) is 11.3 Å². The summed E-state index contributed by atoms with van der Waals surface area (Å²) in [5.74, 6) is -0.0889. The molecular weight excluding hydrogens is 348 g/mol. The van der Waals surface area contributed by atoms with Crippen LogP contribution in [-0.4, -0.2) is 23.5 Å². The van der Waals surface area contributed by atoms with E-state index in [0.29, 0.717) is 12.1 Å². The zero-order chi connectivity index (χ0) is 17.0. The number of halogens is 1. The second kappa shape index (κ2) is 7.95. The molecule has 0 saturated carbocycles. The fraction of sp³-hybridized carbons (Fsp3) is 0.450. The quantitative estimate of drug-likeness (QED) is 0.648. The van der Waals surface area contributed by atoms with Crippen LogP contribution < -0.4 is 0 Å². The molecule has 0 fully saturated rings. The van der Waals surface area contributed by atoms with Gasteiger partial charge in [0.2, 0.25) is 0 Å². The van der Waals surface area contributed by atoms with Crippen LogP contribution in [0.3, 0.4) is 0 Å². The van der Waals surface area contributed by atoms with Gasteiger partial charge in [0.1, 0.15) is 0 Å². The third-order valence-corrected chi connectivity index (χ3v) is 5.31. The second-order valence-corrected chi connectivity index (χ2v) is 7.38. The van der Waals surface area contributed by atoms with Crippen molar-refractivity contribution in [3.8, 4) is 6.07 Å². The maximum Gasteiger partial charge on any atom is 0.0736 e. The Morgan fingerprint density at radius 1 is 1.04 bits per heavy atom. The van der Waals surface area contributed by atoms with Gasteiger partial charge in [0.25, 0.3) is 0 Å². The molecule has 2 rings (SSSR count). The molecule has 2 aromatic carbocycles. The Labute approximate surface area is 148 Å². The lowest BCUT2D eigenvalue weighted by Gasteiger charge is -2.31. The number of benzene rings is 2. The second-order valence-electron chi connectivity index (χ2n) is 6.59. The van der Waals surface area contributed by atoms with Crippen molar-refractivity contribution >= 4 is 26.7 Å². The molecule has 2 nitrogen and oxygen atoms in total. The Kier molecular flexibility index (Phi) is 6.21. The average molecular weight is 373 g/mol. The summed E-state index contributed by atoms with van der Waals surface area (Å²) >= 11 is 3.72. The highest BCUT2D eigenvalue weighted by Crippen LogP contribution is 2.33. The van der Waals surface area contributed by atoms with Crippen molar-refractivity contribution in [2.24, 2.45) is 0 Å². The number of rotatable bonds is 6. The standard InChI is InChI=1S/C20H25BrN2/c1-14(2)23(15(3)4)12-11-17(13-22)19-10-9-16-7-5-6-8-18(16)20(19)21/h5-10,14-15,17H,11-12H2,1-4H3. The Morgan fingerprint density at radius 3 is 2.30 bits per heavy atom. The van der Waals surface area contributed by atoms with Gasteiger partial charge in [-0.2, -0.15) is 5.26 Å². The van der Waals surface area contributed by atoms with Crippen LogP contribution in [0.5, 0.6) is 0 Å². The number of nitrogens with zero attached hydrogens (tertiary/aromatic N) is 2. The summed E-state index contributed by atoms with van der Waals surface area (Å²) in [5, 5.41) is 12.1. The Bertz CT molecular complexity index is 692. The minimum Gasteiger partial charge on any atom is -0.298 e. The van der Waals surface area contributed by atoms with Gasteiger partial charge in [-0.25, -0.2) is 0 Å². The molecule has 23 heavy (non-hydrogen) atoms. The summed E-state index contributed by atoms with van der Waals surface area (Å²) in [4.78, 5) is 2.44. The predicted molar refractivity (Wildman–Crippen MR) is 102 cm³/mol. The molecule has 0 aliphatic heterocycles. The van der Waals surface area contributed by atoms with E-state index in [-0.39, 0.29) is 5.92 Å². The van der Waals surface area contributed by atoms with Crippen molar-refractivity contribution in [2.45, 2.75) is 52.1 Å². The van der Waals surface area contributed by atoms with Crippen molar-refractivity contribution < 1.29 is 0 Å². The fourth-order valence-electron chi connectivity index (χ4n) is 3.20. The van der Waals surface area contributed by atoms with Gasteiger partial charge in [-0.1, -0.05) is 36.4 Å². The molecule has 0 amide bonds. The van der Waals surface area contributed by atoms with Gasteiger partial charge in [0, 0.05) is 23.1 Å². The first-order valence-electron chi connectivity index (χ1n) is 8.28. The summed E-state index contributed by atoms with van der Waals surface area (Å²) in [5.41, 5.74) is 1.10. The summed E-state index contributed by atoms with van der Waals surface area (Å²) in [6.45, 7) is 9.80. The lowest BCUT2D eigenvalue weighted by Crippen LogP contribution is -2.38. The molecule has 0 N–H and O–H groups in total. The number of nitriles is 1. The van der Waals surface area contributed by atoms with E-state index in [0.717, 1.165) is 23.0 Å². The molecule has 0 aromatic heterocycles. The van der Waals surface area contributed by atoms with E-state index in [4.69, 9.17) is 0 Å². The predicted octanol–water partition coefficient (Wildman–Crippen LogP) is 5.72. The minimum absolute atomic E-state index is 0.0889. The van der Waals surface area contributed by atoms with Gasteiger partial charge >= 0.3 is 0 Å². The molecule has 3 heteroatoms. The zero-order valence-electron chi connectivity index (χ0n) is 14.4. The smallest absolute Gasteiger partial charge is 0.0736 e. The molecule has 0 aliphatic carbocycles. The summed E-state index contributed by atoms with van der Waals surface area (Å²) < 4.78 is 1.06. The third kappa shape index (κ3) is 4.13. The molecule has 1 unspecified atom stereocenters. The van der Waals surface area contributed by atoms with Gasteiger partial charge in [-0.3, -0.25) is 4.90 Å². The molecule has 0 aliphatic rings. The van der Waals surface area contributed by atoms with Gasteiger partial charge in [0.05, 0.1) is 12.0 Å².